The maximum absolute atomic E-state index is 13.5. The minimum atomic E-state index is -0.328. The second kappa shape index (κ2) is 8.51. The number of carbonyl (C=O) groups is 1. The van der Waals surface area contributed by atoms with Gasteiger partial charge in [-0.2, -0.15) is 0 Å². The maximum atomic E-state index is 13.5. The fraction of sp³-hybridized carbons (Fsp3) is 0.350. The smallest absolute Gasteiger partial charge is 0.246 e. The molecule has 1 aromatic carbocycles. The van der Waals surface area contributed by atoms with Gasteiger partial charge in [-0.15, -0.1) is 0 Å². The van der Waals surface area contributed by atoms with Crippen LogP contribution in [0.3, 0.4) is 0 Å². The van der Waals surface area contributed by atoms with Crippen LogP contribution < -0.4 is 4.74 Å². The molecule has 132 valence electrons. The van der Waals surface area contributed by atoms with Crippen molar-refractivity contribution in [3.05, 3.63) is 60.3 Å². The van der Waals surface area contributed by atoms with Crippen molar-refractivity contribution in [1.82, 2.24) is 4.90 Å². The summed E-state index contributed by atoms with van der Waals surface area (Å²) in [6.07, 6.45) is 7.59. The number of piperidine rings is 1. The molecule has 0 atom stereocenters. The van der Waals surface area contributed by atoms with Crippen molar-refractivity contribution in [1.29, 1.82) is 0 Å². The molecule has 2 aromatic rings. The largest absolute Gasteiger partial charge is 0.491 e. The lowest BCUT2D eigenvalue weighted by Gasteiger charge is -2.31. The van der Waals surface area contributed by atoms with Crippen LogP contribution in [0.15, 0.2) is 53.2 Å². The van der Waals surface area contributed by atoms with Crippen LogP contribution in [0.4, 0.5) is 4.39 Å². The van der Waals surface area contributed by atoms with Crippen molar-refractivity contribution in [3.63, 3.8) is 0 Å². The number of carbonyl (C=O) groups excluding carboxylic acids is 1. The van der Waals surface area contributed by atoms with Crippen LogP contribution in [-0.2, 0) is 4.79 Å². The highest BCUT2D eigenvalue weighted by Gasteiger charge is 2.21. The highest BCUT2D eigenvalue weighted by Crippen LogP contribution is 2.22. The van der Waals surface area contributed by atoms with Gasteiger partial charge < -0.3 is 14.1 Å². The maximum Gasteiger partial charge on any atom is 0.246 e. The molecule has 5 heteroatoms. The van der Waals surface area contributed by atoms with Crippen LogP contribution in [0.25, 0.3) is 6.08 Å². The summed E-state index contributed by atoms with van der Waals surface area (Å²) in [5.41, 5.74) is 0. The quantitative estimate of drug-likeness (QED) is 0.740. The van der Waals surface area contributed by atoms with E-state index >= 15 is 0 Å². The summed E-state index contributed by atoms with van der Waals surface area (Å²) < 4.78 is 24.2. The SMILES string of the molecule is O=C(/C=C/c1ccco1)N1CCC(CCOc2ccccc2F)CC1. The molecular weight excluding hydrogens is 321 g/mol. The van der Waals surface area contributed by atoms with Gasteiger partial charge in [-0.25, -0.2) is 4.39 Å². The number of likely N-dealkylation sites (tertiary alicyclic amines) is 1. The molecule has 1 saturated heterocycles. The van der Waals surface area contributed by atoms with E-state index in [-0.39, 0.29) is 11.7 Å². The second-order valence-corrected chi connectivity index (χ2v) is 6.18. The minimum absolute atomic E-state index is 0.0115. The minimum Gasteiger partial charge on any atom is -0.491 e. The Morgan fingerprint density at radius 1 is 1.24 bits per heavy atom. The molecule has 0 aliphatic carbocycles. The van der Waals surface area contributed by atoms with Crippen molar-refractivity contribution in [2.75, 3.05) is 19.7 Å². The Balaban J connectivity index is 1.38. The van der Waals surface area contributed by atoms with E-state index in [2.05, 4.69) is 0 Å². The number of ether oxygens (including phenoxy) is 1. The molecule has 0 unspecified atom stereocenters. The average molecular weight is 343 g/mol. The number of halogens is 1. The van der Waals surface area contributed by atoms with E-state index in [1.165, 1.54) is 6.07 Å². The van der Waals surface area contributed by atoms with Gasteiger partial charge in [-0.1, -0.05) is 12.1 Å². The molecule has 1 aromatic heterocycles. The second-order valence-electron chi connectivity index (χ2n) is 6.18. The topological polar surface area (TPSA) is 42.7 Å². The van der Waals surface area contributed by atoms with Gasteiger partial charge in [0.1, 0.15) is 5.76 Å². The first kappa shape index (κ1) is 17.3. The summed E-state index contributed by atoms with van der Waals surface area (Å²) >= 11 is 0. The third-order valence-electron chi connectivity index (χ3n) is 4.48. The summed E-state index contributed by atoms with van der Waals surface area (Å²) in [6.45, 7) is 1.98. The zero-order chi connectivity index (χ0) is 17.5. The van der Waals surface area contributed by atoms with Crippen molar-refractivity contribution in [3.8, 4) is 5.75 Å². The molecule has 2 heterocycles. The molecule has 0 saturated carbocycles. The Labute approximate surface area is 146 Å². The number of para-hydroxylation sites is 1. The van der Waals surface area contributed by atoms with Crippen LogP contribution in [0.5, 0.6) is 5.75 Å². The predicted molar refractivity (Wildman–Crippen MR) is 93.6 cm³/mol. The third kappa shape index (κ3) is 4.95. The van der Waals surface area contributed by atoms with Crippen LogP contribution >= 0.6 is 0 Å². The number of hydrogen-bond acceptors (Lipinski definition) is 3. The Morgan fingerprint density at radius 2 is 2.04 bits per heavy atom. The van der Waals surface area contributed by atoms with E-state index in [0.717, 1.165) is 32.4 Å². The lowest BCUT2D eigenvalue weighted by molar-refractivity contribution is -0.127. The first-order valence-corrected chi connectivity index (χ1v) is 8.60. The van der Waals surface area contributed by atoms with E-state index in [0.29, 0.717) is 24.0 Å². The number of furan rings is 1. The normalized spacial score (nSPS) is 15.6. The molecule has 4 nitrogen and oxygen atoms in total. The van der Waals surface area contributed by atoms with E-state index < -0.39 is 0 Å². The van der Waals surface area contributed by atoms with Crippen molar-refractivity contribution < 1.29 is 18.3 Å². The summed E-state index contributed by atoms with van der Waals surface area (Å²) in [5.74, 6) is 1.17. The van der Waals surface area contributed by atoms with Gasteiger partial charge in [0.25, 0.3) is 0 Å². The van der Waals surface area contributed by atoms with Crippen LogP contribution in [0.1, 0.15) is 25.0 Å². The summed E-state index contributed by atoms with van der Waals surface area (Å²) in [7, 11) is 0. The number of benzene rings is 1. The van der Waals surface area contributed by atoms with Gasteiger partial charge >= 0.3 is 0 Å². The van der Waals surface area contributed by atoms with Gasteiger partial charge in [0, 0.05) is 19.2 Å². The zero-order valence-corrected chi connectivity index (χ0v) is 14.1. The van der Waals surface area contributed by atoms with Gasteiger partial charge in [0.05, 0.1) is 12.9 Å². The standard InChI is InChI=1S/C20H22FNO3/c21-18-5-1-2-6-19(18)25-15-11-16-9-12-22(13-10-16)20(23)8-7-17-4-3-14-24-17/h1-8,14,16H,9-13,15H2/b8-7+. The number of rotatable bonds is 6. The first-order valence-electron chi connectivity index (χ1n) is 8.60. The summed E-state index contributed by atoms with van der Waals surface area (Å²) in [5, 5.41) is 0. The van der Waals surface area contributed by atoms with Crippen molar-refractivity contribution in [2.45, 2.75) is 19.3 Å². The number of amides is 1. The van der Waals surface area contributed by atoms with E-state index in [1.54, 1.807) is 42.7 Å². The Morgan fingerprint density at radius 3 is 2.76 bits per heavy atom. The molecule has 0 bridgehead atoms. The van der Waals surface area contributed by atoms with Crippen LogP contribution in [0, 0.1) is 11.7 Å². The monoisotopic (exact) mass is 343 g/mol. The van der Waals surface area contributed by atoms with Crippen molar-refractivity contribution >= 4 is 12.0 Å². The molecule has 0 radical (unpaired) electrons. The molecule has 1 amide bonds. The van der Waals surface area contributed by atoms with Gasteiger partial charge in [-0.05, 0) is 55.5 Å². The predicted octanol–water partition coefficient (Wildman–Crippen LogP) is 4.14. The highest BCUT2D eigenvalue weighted by molar-refractivity contribution is 5.91. The summed E-state index contributed by atoms with van der Waals surface area (Å²) in [6, 6.07) is 10.1. The molecule has 3 rings (SSSR count). The molecule has 0 spiro atoms. The fourth-order valence-electron chi connectivity index (χ4n) is 2.98. The molecule has 0 N–H and O–H groups in total. The molecule has 1 aliphatic rings. The third-order valence-corrected chi connectivity index (χ3v) is 4.48. The van der Waals surface area contributed by atoms with Gasteiger partial charge in [0.15, 0.2) is 11.6 Å². The first-order chi connectivity index (χ1) is 12.2. The lowest BCUT2D eigenvalue weighted by atomic mass is 9.94. The molecule has 1 aliphatic heterocycles. The van der Waals surface area contributed by atoms with Crippen LogP contribution in [-0.4, -0.2) is 30.5 Å². The zero-order valence-electron chi connectivity index (χ0n) is 14.1. The van der Waals surface area contributed by atoms with Gasteiger partial charge in [-0.3, -0.25) is 4.79 Å². The van der Waals surface area contributed by atoms with E-state index in [9.17, 15) is 9.18 Å². The number of hydrogen-bond donors (Lipinski definition) is 0. The molecular formula is C20H22FNO3. The van der Waals surface area contributed by atoms with E-state index in [1.807, 2.05) is 11.0 Å². The van der Waals surface area contributed by atoms with Gasteiger partial charge in [0.2, 0.25) is 5.91 Å². The fourth-order valence-corrected chi connectivity index (χ4v) is 2.98. The Bertz CT molecular complexity index is 703. The molecule has 25 heavy (non-hydrogen) atoms. The highest BCUT2D eigenvalue weighted by atomic mass is 19.1. The lowest BCUT2D eigenvalue weighted by Crippen LogP contribution is -2.37. The Kier molecular flexibility index (Phi) is 5.88. The molecule has 1 fully saturated rings. The Hall–Kier alpha value is -2.56. The van der Waals surface area contributed by atoms with E-state index in [4.69, 9.17) is 9.15 Å². The average Bonchev–Trinajstić information content (AvgIpc) is 3.15. The summed E-state index contributed by atoms with van der Waals surface area (Å²) in [4.78, 5) is 14.0. The van der Waals surface area contributed by atoms with Crippen molar-refractivity contribution in [2.24, 2.45) is 5.92 Å². The number of nitrogens with zero attached hydrogens (tertiary/aromatic N) is 1. The van der Waals surface area contributed by atoms with Crippen LogP contribution in [0.2, 0.25) is 0 Å².